The first-order valence-electron chi connectivity index (χ1n) is 9.00. The molecule has 2 bridgehead atoms. The highest BCUT2D eigenvalue weighted by Crippen LogP contribution is 2.39. The van der Waals surface area contributed by atoms with Gasteiger partial charge in [-0.15, -0.1) is 11.3 Å². The summed E-state index contributed by atoms with van der Waals surface area (Å²) in [6, 6.07) is 12.9. The zero-order valence-electron chi connectivity index (χ0n) is 14.2. The quantitative estimate of drug-likeness (QED) is 0.771. The molecule has 25 heavy (non-hydrogen) atoms. The highest BCUT2D eigenvalue weighted by molar-refractivity contribution is 7.10. The first-order valence-corrected chi connectivity index (χ1v) is 9.88. The molecule has 0 radical (unpaired) electrons. The molecular weight excluding hydrogens is 332 g/mol. The van der Waals surface area contributed by atoms with Gasteiger partial charge < -0.3 is 15.7 Å². The van der Waals surface area contributed by atoms with E-state index in [1.165, 1.54) is 24.2 Å². The molecule has 1 aromatic carbocycles. The maximum Gasteiger partial charge on any atom is 0.262 e. The van der Waals surface area contributed by atoms with E-state index in [9.17, 15) is 9.90 Å². The van der Waals surface area contributed by atoms with E-state index in [4.69, 9.17) is 0 Å². The summed E-state index contributed by atoms with van der Waals surface area (Å²) in [5, 5.41) is 19.8. The molecule has 132 valence electrons. The number of piperidine rings is 1. The van der Waals surface area contributed by atoms with Gasteiger partial charge in [-0.1, -0.05) is 36.4 Å². The second kappa shape index (κ2) is 6.90. The van der Waals surface area contributed by atoms with E-state index in [1.54, 1.807) is 0 Å². The van der Waals surface area contributed by atoms with Gasteiger partial charge in [-0.25, -0.2) is 0 Å². The Kier molecular flexibility index (Phi) is 4.63. The van der Waals surface area contributed by atoms with Gasteiger partial charge in [-0.2, -0.15) is 0 Å². The van der Waals surface area contributed by atoms with Crippen molar-refractivity contribution in [2.75, 3.05) is 19.6 Å². The van der Waals surface area contributed by atoms with Crippen molar-refractivity contribution < 1.29 is 9.90 Å². The molecule has 0 spiro atoms. The summed E-state index contributed by atoms with van der Waals surface area (Å²) in [7, 11) is 0. The van der Waals surface area contributed by atoms with E-state index in [1.807, 2.05) is 47.8 Å². The molecule has 1 saturated carbocycles. The molecule has 5 heteroatoms. The fraction of sp³-hybridized carbons (Fsp3) is 0.450. The van der Waals surface area contributed by atoms with Gasteiger partial charge in [0.15, 0.2) is 0 Å². The van der Waals surface area contributed by atoms with E-state index in [0.29, 0.717) is 34.7 Å². The lowest BCUT2D eigenvalue weighted by Crippen LogP contribution is -2.49. The van der Waals surface area contributed by atoms with Crippen LogP contribution in [0.3, 0.4) is 0 Å². The van der Waals surface area contributed by atoms with Crippen molar-refractivity contribution in [2.24, 2.45) is 17.8 Å². The molecule has 1 saturated heterocycles. The second-order valence-corrected chi connectivity index (χ2v) is 8.13. The molecule has 2 aromatic rings. The number of hydrogen-bond donors (Lipinski definition) is 3. The Labute approximate surface area is 152 Å². The number of thiophene rings is 1. The number of carbonyl (C=O) groups excluding carboxylic acids is 1. The molecular formula is C20H24N2O2S. The number of carbonyl (C=O) groups is 1. The zero-order valence-corrected chi connectivity index (χ0v) is 15.0. The number of hydrogen-bond acceptors (Lipinski definition) is 4. The second-order valence-electron chi connectivity index (χ2n) is 7.18. The molecule has 1 aliphatic heterocycles. The normalized spacial score (nSPS) is 27.6. The number of aliphatic hydroxyl groups is 1. The van der Waals surface area contributed by atoms with E-state index in [-0.39, 0.29) is 5.91 Å². The number of benzene rings is 1. The Balaban J connectivity index is 1.55. The average molecular weight is 356 g/mol. The van der Waals surface area contributed by atoms with Crippen LogP contribution in [0.25, 0.3) is 0 Å². The standard InChI is InChI=1S/C20H24N2O2S/c23-19(22-13-17-14-8-9-15(17)12-21-11-14)20(24,18-7-4-10-25-18)16-5-2-1-3-6-16/h1-7,10,14-15,17,21,24H,8-9,11-13H2,(H,22,23). The van der Waals surface area contributed by atoms with Gasteiger partial charge in [0.2, 0.25) is 5.60 Å². The Bertz CT molecular complexity index is 703. The van der Waals surface area contributed by atoms with Crippen molar-refractivity contribution in [1.82, 2.24) is 10.6 Å². The summed E-state index contributed by atoms with van der Waals surface area (Å²) >= 11 is 1.41. The maximum atomic E-state index is 13.1. The van der Waals surface area contributed by atoms with Crippen molar-refractivity contribution in [3.63, 3.8) is 0 Å². The number of nitrogens with one attached hydrogen (secondary N) is 2. The molecule has 2 aliphatic rings. The predicted octanol–water partition coefficient (Wildman–Crippen LogP) is 2.35. The molecule has 3 atom stereocenters. The van der Waals surface area contributed by atoms with Crippen LogP contribution >= 0.6 is 11.3 Å². The van der Waals surface area contributed by atoms with Crippen LogP contribution in [0.2, 0.25) is 0 Å². The molecule has 1 aromatic heterocycles. The molecule has 2 fully saturated rings. The van der Waals surface area contributed by atoms with Crippen molar-refractivity contribution in [3.8, 4) is 0 Å². The Morgan fingerprint density at radius 1 is 1.16 bits per heavy atom. The maximum absolute atomic E-state index is 13.1. The van der Waals surface area contributed by atoms with Crippen LogP contribution in [0.15, 0.2) is 47.8 Å². The lowest BCUT2D eigenvalue weighted by atomic mass is 9.85. The third kappa shape index (κ3) is 3.01. The summed E-state index contributed by atoms with van der Waals surface area (Å²) in [6.07, 6.45) is 2.48. The molecule has 2 heterocycles. The highest BCUT2D eigenvalue weighted by Gasteiger charge is 2.43. The van der Waals surface area contributed by atoms with Crippen LogP contribution in [0.5, 0.6) is 0 Å². The van der Waals surface area contributed by atoms with Crippen molar-refractivity contribution in [3.05, 3.63) is 58.3 Å². The summed E-state index contributed by atoms with van der Waals surface area (Å²) in [5.74, 6) is 1.49. The third-order valence-corrected chi connectivity index (χ3v) is 6.81. The zero-order chi connectivity index (χ0) is 17.3. The van der Waals surface area contributed by atoms with E-state index >= 15 is 0 Å². The lowest BCUT2D eigenvalue weighted by Gasteiger charge is -2.32. The van der Waals surface area contributed by atoms with Gasteiger partial charge in [0.05, 0.1) is 4.88 Å². The number of rotatable bonds is 5. The largest absolute Gasteiger partial charge is 0.371 e. The molecule has 1 amide bonds. The SMILES string of the molecule is O=C(NCC1C2CCC1CNC2)C(O)(c1ccccc1)c1cccs1. The van der Waals surface area contributed by atoms with E-state index in [0.717, 1.165) is 13.1 Å². The van der Waals surface area contributed by atoms with Gasteiger partial charge in [0.1, 0.15) is 0 Å². The lowest BCUT2D eigenvalue weighted by molar-refractivity contribution is -0.136. The van der Waals surface area contributed by atoms with Crippen LogP contribution in [-0.2, 0) is 10.4 Å². The van der Waals surface area contributed by atoms with E-state index in [2.05, 4.69) is 10.6 Å². The summed E-state index contributed by atoms with van der Waals surface area (Å²) in [5.41, 5.74) is -1.01. The smallest absolute Gasteiger partial charge is 0.262 e. The summed E-state index contributed by atoms with van der Waals surface area (Å²) in [6.45, 7) is 2.74. The molecule has 3 unspecified atom stereocenters. The Morgan fingerprint density at radius 2 is 1.88 bits per heavy atom. The molecule has 1 aliphatic carbocycles. The summed E-state index contributed by atoms with van der Waals surface area (Å²) < 4.78 is 0. The number of fused-ring (bicyclic) bond motifs is 2. The fourth-order valence-corrected chi connectivity index (χ4v) is 5.27. The minimum atomic E-state index is -1.62. The van der Waals surface area contributed by atoms with Crippen molar-refractivity contribution in [1.29, 1.82) is 0 Å². The molecule has 4 nitrogen and oxygen atoms in total. The van der Waals surface area contributed by atoms with Gasteiger partial charge in [-0.05, 0) is 60.7 Å². The van der Waals surface area contributed by atoms with Crippen molar-refractivity contribution in [2.45, 2.75) is 18.4 Å². The van der Waals surface area contributed by atoms with Crippen LogP contribution in [-0.4, -0.2) is 30.6 Å². The monoisotopic (exact) mass is 356 g/mol. The number of amides is 1. The predicted molar refractivity (Wildman–Crippen MR) is 99.3 cm³/mol. The van der Waals surface area contributed by atoms with Crippen LogP contribution in [0, 0.1) is 17.8 Å². The Morgan fingerprint density at radius 3 is 2.52 bits per heavy atom. The van der Waals surface area contributed by atoms with Crippen LogP contribution in [0.4, 0.5) is 0 Å². The van der Waals surface area contributed by atoms with Crippen LogP contribution < -0.4 is 10.6 Å². The average Bonchev–Trinajstić information content (AvgIpc) is 3.26. The highest BCUT2D eigenvalue weighted by atomic mass is 32.1. The van der Waals surface area contributed by atoms with Gasteiger partial charge >= 0.3 is 0 Å². The molecule has 3 N–H and O–H groups in total. The van der Waals surface area contributed by atoms with Gasteiger partial charge in [0, 0.05) is 6.54 Å². The third-order valence-electron chi connectivity index (χ3n) is 5.83. The summed E-state index contributed by atoms with van der Waals surface area (Å²) in [4.78, 5) is 13.7. The van der Waals surface area contributed by atoms with E-state index < -0.39 is 5.60 Å². The Hall–Kier alpha value is -1.69. The first-order chi connectivity index (χ1) is 12.2. The van der Waals surface area contributed by atoms with Crippen LogP contribution in [0.1, 0.15) is 23.3 Å². The van der Waals surface area contributed by atoms with Gasteiger partial charge in [-0.3, -0.25) is 4.79 Å². The molecule has 4 rings (SSSR count). The first kappa shape index (κ1) is 16.8. The topological polar surface area (TPSA) is 61.4 Å². The minimum absolute atomic E-state index is 0.320. The fourth-order valence-electron chi connectivity index (χ4n) is 4.42. The van der Waals surface area contributed by atoms with Gasteiger partial charge in [0.25, 0.3) is 5.91 Å². The van der Waals surface area contributed by atoms with Crippen molar-refractivity contribution >= 4 is 17.2 Å². The minimum Gasteiger partial charge on any atom is -0.371 e.